The van der Waals surface area contributed by atoms with Crippen LogP contribution in [0.1, 0.15) is 23.3 Å². The van der Waals surface area contributed by atoms with Gasteiger partial charge in [0.2, 0.25) is 5.91 Å². The van der Waals surface area contributed by atoms with E-state index in [1.807, 2.05) is 31.3 Å². The van der Waals surface area contributed by atoms with Gasteiger partial charge in [0.1, 0.15) is 5.54 Å². The van der Waals surface area contributed by atoms with Crippen LogP contribution in [0.25, 0.3) is 10.9 Å². The SMILES string of the molecule is Cn1nc(C(=O)N2CC3CC2(C(N)=O)C3)c2ccccc21. The van der Waals surface area contributed by atoms with Gasteiger partial charge >= 0.3 is 0 Å². The number of carbonyl (C=O) groups excluding carboxylic acids is 2. The second kappa shape index (κ2) is 3.84. The first kappa shape index (κ1) is 12.4. The Labute approximate surface area is 121 Å². The second-order valence-electron chi connectivity index (χ2n) is 6.08. The van der Waals surface area contributed by atoms with Crippen molar-refractivity contribution in [2.45, 2.75) is 18.4 Å². The van der Waals surface area contributed by atoms with Crippen molar-refractivity contribution in [3.8, 4) is 0 Å². The molecule has 3 aliphatic rings. The lowest BCUT2D eigenvalue weighted by atomic mass is 9.73. The number of primary amides is 1. The lowest BCUT2D eigenvalue weighted by Gasteiger charge is -2.38. The van der Waals surface area contributed by atoms with Gasteiger partial charge in [-0.05, 0) is 24.8 Å². The van der Waals surface area contributed by atoms with Gasteiger partial charge in [-0.15, -0.1) is 0 Å². The fraction of sp³-hybridized carbons (Fsp3) is 0.400. The quantitative estimate of drug-likeness (QED) is 0.879. The van der Waals surface area contributed by atoms with Crippen LogP contribution in [0, 0.1) is 5.92 Å². The largest absolute Gasteiger partial charge is 0.368 e. The molecular formula is C15H16N4O2. The number of hydrogen-bond acceptors (Lipinski definition) is 3. The molecule has 0 atom stereocenters. The average molecular weight is 284 g/mol. The number of para-hydroxylation sites is 1. The summed E-state index contributed by atoms with van der Waals surface area (Å²) < 4.78 is 1.69. The van der Waals surface area contributed by atoms with Gasteiger partial charge in [-0.1, -0.05) is 18.2 Å². The highest BCUT2D eigenvalue weighted by Crippen LogP contribution is 2.50. The molecule has 6 heteroatoms. The fourth-order valence-corrected chi connectivity index (χ4v) is 3.79. The lowest BCUT2D eigenvalue weighted by Crippen LogP contribution is -2.57. The molecule has 1 aromatic heterocycles. The smallest absolute Gasteiger partial charge is 0.275 e. The first-order chi connectivity index (χ1) is 10.0. The molecule has 2 saturated heterocycles. The number of hydrogen-bond donors (Lipinski definition) is 1. The normalized spacial score (nSPS) is 26.9. The van der Waals surface area contributed by atoms with Gasteiger partial charge in [0, 0.05) is 19.0 Å². The van der Waals surface area contributed by atoms with E-state index in [4.69, 9.17) is 5.73 Å². The zero-order chi connectivity index (χ0) is 14.8. The zero-order valence-electron chi connectivity index (χ0n) is 11.7. The van der Waals surface area contributed by atoms with Crippen molar-refractivity contribution in [2.24, 2.45) is 18.7 Å². The highest BCUT2D eigenvalue weighted by atomic mass is 16.2. The van der Waals surface area contributed by atoms with Crippen LogP contribution in [0.2, 0.25) is 0 Å². The lowest BCUT2D eigenvalue weighted by molar-refractivity contribution is -0.129. The number of carbonyl (C=O) groups is 2. The standard InChI is InChI=1S/C15H16N4O2/c1-18-11-5-3-2-4-10(11)12(17-18)13(20)19-8-9-6-15(19,7-9)14(16)21/h2-5,9H,6-8H2,1H3,(H2,16,21). The summed E-state index contributed by atoms with van der Waals surface area (Å²) in [7, 11) is 1.81. The molecule has 0 radical (unpaired) electrons. The predicted octanol–water partition coefficient (Wildman–Crippen LogP) is 0.663. The Morgan fingerprint density at radius 1 is 1.33 bits per heavy atom. The minimum Gasteiger partial charge on any atom is -0.368 e. The Kier molecular flexibility index (Phi) is 2.26. The van der Waals surface area contributed by atoms with E-state index < -0.39 is 11.4 Å². The first-order valence-electron chi connectivity index (χ1n) is 7.06. The van der Waals surface area contributed by atoms with Crippen LogP contribution in [-0.2, 0) is 11.8 Å². The maximum atomic E-state index is 12.9. The summed E-state index contributed by atoms with van der Waals surface area (Å²) in [5.41, 5.74) is 6.07. The molecule has 0 spiro atoms. The van der Waals surface area contributed by atoms with Gasteiger partial charge in [0.25, 0.3) is 5.91 Å². The number of nitrogens with two attached hydrogens (primary N) is 1. The predicted molar refractivity (Wildman–Crippen MR) is 76.4 cm³/mol. The Bertz CT molecular complexity index is 773. The summed E-state index contributed by atoms with van der Waals surface area (Å²) in [4.78, 5) is 26.3. The average Bonchev–Trinajstić information content (AvgIpc) is 3.08. The highest BCUT2D eigenvalue weighted by molar-refractivity contribution is 6.07. The monoisotopic (exact) mass is 284 g/mol. The summed E-state index contributed by atoms with van der Waals surface area (Å²) in [6.45, 7) is 0.604. The molecule has 2 aromatic rings. The van der Waals surface area contributed by atoms with Crippen molar-refractivity contribution in [2.75, 3.05) is 6.54 Å². The Balaban J connectivity index is 1.80. The van der Waals surface area contributed by atoms with Crippen LogP contribution in [0.5, 0.6) is 0 Å². The van der Waals surface area contributed by atoms with Crippen molar-refractivity contribution in [1.82, 2.24) is 14.7 Å². The van der Waals surface area contributed by atoms with Crippen LogP contribution < -0.4 is 5.73 Å². The Morgan fingerprint density at radius 2 is 2.05 bits per heavy atom. The molecular weight excluding hydrogens is 268 g/mol. The molecule has 1 aliphatic carbocycles. The minimum absolute atomic E-state index is 0.189. The number of rotatable bonds is 2. The van der Waals surface area contributed by atoms with Crippen molar-refractivity contribution >= 4 is 22.7 Å². The van der Waals surface area contributed by atoms with E-state index in [0.29, 0.717) is 31.0 Å². The van der Waals surface area contributed by atoms with Gasteiger partial charge in [-0.3, -0.25) is 14.3 Å². The first-order valence-corrected chi connectivity index (χ1v) is 7.06. The minimum atomic E-state index is -0.777. The number of fused-ring (bicyclic) bond motifs is 2. The summed E-state index contributed by atoms with van der Waals surface area (Å²) in [6, 6.07) is 7.60. The summed E-state index contributed by atoms with van der Waals surface area (Å²) in [6.07, 6.45) is 1.39. The third-order valence-corrected chi connectivity index (χ3v) is 4.87. The molecule has 2 amide bonds. The van der Waals surface area contributed by atoms with Gasteiger partial charge in [0.05, 0.1) is 5.52 Å². The molecule has 1 saturated carbocycles. The van der Waals surface area contributed by atoms with Gasteiger partial charge < -0.3 is 10.6 Å². The van der Waals surface area contributed by atoms with E-state index >= 15 is 0 Å². The molecule has 1 aromatic carbocycles. The summed E-state index contributed by atoms with van der Waals surface area (Å²) >= 11 is 0. The highest BCUT2D eigenvalue weighted by Gasteiger charge is 2.62. The molecule has 3 heterocycles. The molecule has 2 aliphatic heterocycles. The van der Waals surface area contributed by atoms with E-state index in [0.717, 1.165) is 10.9 Å². The zero-order valence-corrected chi connectivity index (χ0v) is 11.7. The number of aromatic nitrogens is 2. The number of nitrogens with zero attached hydrogens (tertiary/aromatic N) is 3. The van der Waals surface area contributed by atoms with Gasteiger partial charge in [-0.25, -0.2) is 0 Å². The van der Waals surface area contributed by atoms with E-state index in [1.165, 1.54) is 0 Å². The van der Waals surface area contributed by atoms with Crippen LogP contribution in [0.15, 0.2) is 24.3 Å². The van der Waals surface area contributed by atoms with Crippen molar-refractivity contribution in [1.29, 1.82) is 0 Å². The molecule has 108 valence electrons. The number of benzene rings is 1. The molecule has 3 fully saturated rings. The van der Waals surface area contributed by atoms with Gasteiger partial charge in [0.15, 0.2) is 5.69 Å². The molecule has 21 heavy (non-hydrogen) atoms. The topological polar surface area (TPSA) is 81.2 Å². The van der Waals surface area contributed by atoms with Crippen LogP contribution in [0.4, 0.5) is 0 Å². The molecule has 6 nitrogen and oxygen atoms in total. The molecule has 2 bridgehead atoms. The van der Waals surface area contributed by atoms with Crippen LogP contribution >= 0.6 is 0 Å². The third kappa shape index (κ3) is 1.44. The van der Waals surface area contributed by atoms with Crippen molar-refractivity contribution in [3.63, 3.8) is 0 Å². The second-order valence-corrected chi connectivity index (χ2v) is 6.08. The number of amides is 2. The summed E-state index contributed by atoms with van der Waals surface area (Å²) in [5.74, 6) is -0.188. The maximum Gasteiger partial charge on any atom is 0.275 e. The number of aryl methyl sites for hydroxylation is 1. The summed E-state index contributed by atoms with van der Waals surface area (Å²) in [5, 5.41) is 5.16. The van der Waals surface area contributed by atoms with Crippen LogP contribution in [0.3, 0.4) is 0 Å². The molecule has 2 N–H and O–H groups in total. The van der Waals surface area contributed by atoms with Crippen molar-refractivity contribution in [3.05, 3.63) is 30.0 Å². The Morgan fingerprint density at radius 3 is 2.76 bits per heavy atom. The molecule has 5 rings (SSSR count). The van der Waals surface area contributed by atoms with Crippen molar-refractivity contribution < 1.29 is 9.59 Å². The molecule has 0 unspecified atom stereocenters. The van der Waals surface area contributed by atoms with Gasteiger partial charge in [-0.2, -0.15) is 5.10 Å². The maximum absolute atomic E-state index is 12.9. The Hall–Kier alpha value is -2.37. The van der Waals surface area contributed by atoms with E-state index in [1.54, 1.807) is 9.58 Å². The third-order valence-electron chi connectivity index (χ3n) is 4.87. The van der Waals surface area contributed by atoms with Crippen LogP contribution in [-0.4, -0.2) is 38.6 Å². The van der Waals surface area contributed by atoms with E-state index in [9.17, 15) is 9.59 Å². The van der Waals surface area contributed by atoms with E-state index in [2.05, 4.69) is 5.10 Å². The fourth-order valence-electron chi connectivity index (χ4n) is 3.79. The van der Waals surface area contributed by atoms with E-state index in [-0.39, 0.29) is 5.91 Å².